The van der Waals surface area contributed by atoms with Crippen LogP contribution >= 0.6 is 11.3 Å². The molecule has 1 unspecified atom stereocenters. The highest BCUT2D eigenvalue weighted by molar-refractivity contribution is 7.10. The number of carbonyl (C=O) groups excluding carboxylic acids is 1. The Morgan fingerprint density at radius 1 is 1.48 bits per heavy atom. The van der Waals surface area contributed by atoms with E-state index in [1.165, 1.54) is 11.3 Å². The highest BCUT2D eigenvalue weighted by atomic mass is 32.1. The maximum Gasteiger partial charge on any atom is 0.331 e. The number of rotatable bonds is 5. The zero-order valence-electron chi connectivity index (χ0n) is 12.0. The normalized spacial score (nSPS) is 18.1. The fraction of sp³-hybridized carbons (Fsp3) is 0.571. The molecule has 1 aliphatic rings. The Kier molecular flexibility index (Phi) is 5.58. The number of carbonyl (C=O) groups is 2. The van der Waals surface area contributed by atoms with Crippen LogP contribution in [0.15, 0.2) is 17.5 Å². The third-order valence-electron chi connectivity index (χ3n) is 3.74. The summed E-state index contributed by atoms with van der Waals surface area (Å²) in [7, 11) is 2.09. The summed E-state index contributed by atoms with van der Waals surface area (Å²) in [6.07, 6.45) is 2.12. The smallest absolute Gasteiger partial charge is 0.331 e. The number of piperidine rings is 1. The van der Waals surface area contributed by atoms with Crippen LogP contribution in [-0.4, -0.2) is 48.7 Å². The number of carboxylic acid groups (broad SMARTS) is 1. The third-order valence-corrected chi connectivity index (χ3v) is 4.68. The molecule has 1 aliphatic heterocycles. The fourth-order valence-corrected chi connectivity index (χ4v) is 3.16. The summed E-state index contributed by atoms with van der Waals surface area (Å²) in [6.45, 7) is 2.68. The van der Waals surface area contributed by atoms with Crippen LogP contribution in [0.3, 0.4) is 0 Å². The van der Waals surface area contributed by atoms with E-state index in [-0.39, 0.29) is 0 Å². The minimum absolute atomic E-state index is 0.422. The number of carboxylic acids is 1. The summed E-state index contributed by atoms with van der Waals surface area (Å²) in [5.74, 6) is -0.580. The molecule has 2 rings (SSSR count). The Morgan fingerprint density at radius 3 is 2.76 bits per heavy atom. The molecule has 21 heavy (non-hydrogen) atoms. The largest absolute Gasteiger partial charge is 0.479 e. The van der Waals surface area contributed by atoms with Crippen LogP contribution in [0.5, 0.6) is 0 Å². The van der Waals surface area contributed by atoms with E-state index in [1.807, 2.05) is 0 Å². The fourth-order valence-electron chi connectivity index (χ4n) is 2.40. The number of nitrogens with one attached hydrogen (secondary N) is 2. The van der Waals surface area contributed by atoms with Gasteiger partial charge in [0.1, 0.15) is 0 Å². The van der Waals surface area contributed by atoms with E-state index in [9.17, 15) is 14.7 Å². The molecule has 0 saturated carbocycles. The average molecular weight is 311 g/mol. The number of thiophene rings is 1. The Hall–Kier alpha value is -1.60. The molecular formula is C14H21N3O3S. The van der Waals surface area contributed by atoms with Gasteiger partial charge in [0.2, 0.25) is 0 Å². The molecule has 2 heterocycles. The lowest BCUT2D eigenvalue weighted by atomic mass is 9.97. The van der Waals surface area contributed by atoms with Gasteiger partial charge in [-0.1, -0.05) is 6.07 Å². The highest BCUT2D eigenvalue weighted by Crippen LogP contribution is 2.19. The number of likely N-dealkylation sites (tertiary alicyclic amines) is 1. The van der Waals surface area contributed by atoms with Gasteiger partial charge in [-0.3, -0.25) is 0 Å². The van der Waals surface area contributed by atoms with Crippen molar-refractivity contribution in [1.29, 1.82) is 0 Å². The van der Waals surface area contributed by atoms with Gasteiger partial charge in [0.05, 0.1) is 0 Å². The van der Waals surface area contributed by atoms with E-state index in [1.54, 1.807) is 17.5 Å². The molecule has 116 valence electrons. The van der Waals surface area contributed by atoms with Crippen LogP contribution in [0.2, 0.25) is 0 Å². The zero-order valence-corrected chi connectivity index (χ0v) is 12.9. The van der Waals surface area contributed by atoms with Crippen LogP contribution < -0.4 is 10.6 Å². The molecule has 1 aromatic heterocycles. The monoisotopic (exact) mass is 311 g/mol. The lowest BCUT2D eigenvalue weighted by Crippen LogP contribution is -2.43. The Balaban J connectivity index is 1.79. The summed E-state index contributed by atoms with van der Waals surface area (Å²) in [5, 5.41) is 16.3. The zero-order chi connectivity index (χ0) is 15.2. The molecule has 1 atom stereocenters. The van der Waals surface area contributed by atoms with Crippen molar-refractivity contribution in [3.05, 3.63) is 22.4 Å². The summed E-state index contributed by atoms with van der Waals surface area (Å²) in [6, 6.07) is 2.08. The van der Waals surface area contributed by atoms with Gasteiger partial charge < -0.3 is 20.6 Å². The highest BCUT2D eigenvalue weighted by Gasteiger charge is 2.23. The quantitative estimate of drug-likeness (QED) is 0.770. The second-order valence-electron chi connectivity index (χ2n) is 5.39. The average Bonchev–Trinajstić information content (AvgIpc) is 2.97. The van der Waals surface area contributed by atoms with Crippen molar-refractivity contribution in [2.45, 2.75) is 18.9 Å². The topological polar surface area (TPSA) is 81.7 Å². The molecule has 0 radical (unpaired) electrons. The van der Waals surface area contributed by atoms with E-state index in [0.717, 1.165) is 25.9 Å². The van der Waals surface area contributed by atoms with E-state index in [4.69, 9.17) is 0 Å². The number of urea groups is 1. The van der Waals surface area contributed by atoms with Gasteiger partial charge in [-0.05, 0) is 50.3 Å². The van der Waals surface area contributed by atoms with Gasteiger partial charge in [0.15, 0.2) is 6.04 Å². The van der Waals surface area contributed by atoms with E-state index in [0.29, 0.717) is 17.3 Å². The van der Waals surface area contributed by atoms with Gasteiger partial charge in [0, 0.05) is 11.4 Å². The third kappa shape index (κ3) is 4.71. The molecule has 0 bridgehead atoms. The van der Waals surface area contributed by atoms with Crippen molar-refractivity contribution >= 4 is 23.3 Å². The van der Waals surface area contributed by atoms with E-state index >= 15 is 0 Å². The standard InChI is InChI=1S/C14H21N3O3S/c1-17-6-4-10(5-7-17)9-15-14(20)16-12(13(18)19)11-3-2-8-21-11/h2-3,8,10,12H,4-7,9H2,1H3,(H,18,19)(H2,15,16,20). The molecule has 0 spiro atoms. The SMILES string of the molecule is CN1CCC(CNC(=O)NC(C(=O)O)c2cccs2)CC1. The molecular weight excluding hydrogens is 290 g/mol. The number of hydrogen-bond acceptors (Lipinski definition) is 4. The molecule has 2 amide bonds. The molecule has 1 saturated heterocycles. The summed E-state index contributed by atoms with van der Waals surface area (Å²) in [4.78, 5) is 26.0. The molecule has 7 heteroatoms. The van der Waals surface area contributed by atoms with Crippen LogP contribution in [0, 0.1) is 5.92 Å². The van der Waals surface area contributed by atoms with Gasteiger partial charge in [-0.15, -0.1) is 11.3 Å². The first-order chi connectivity index (χ1) is 10.1. The lowest BCUT2D eigenvalue weighted by molar-refractivity contribution is -0.139. The Morgan fingerprint density at radius 2 is 2.19 bits per heavy atom. The second-order valence-corrected chi connectivity index (χ2v) is 6.37. The lowest BCUT2D eigenvalue weighted by Gasteiger charge is -2.29. The maximum atomic E-state index is 11.9. The first-order valence-corrected chi connectivity index (χ1v) is 7.93. The first-order valence-electron chi connectivity index (χ1n) is 7.05. The first kappa shape index (κ1) is 15.8. The molecule has 1 aromatic rings. The van der Waals surface area contributed by atoms with Crippen molar-refractivity contribution in [1.82, 2.24) is 15.5 Å². The predicted octanol–water partition coefficient (Wildman–Crippen LogP) is 1.51. The number of amides is 2. The molecule has 0 aromatic carbocycles. The summed E-state index contributed by atoms with van der Waals surface area (Å²) < 4.78 is 0. The number of hydrogen-bond donors (Lipinski definition) is 3. The number of aliphatic carboxylic acids is 1. The molecule has 1 fully saturated rings. The minimum atomic E-state index is -1.05. The van der Waals surface area contributed by atoms with Gasteiger partial charge in [-0.2, -0.15) is 0 Å². The van der Waals surface area contributed by atoms with Crippen molar-refractivity contribution in [3.63, 3.8) is 0 Å². The summed E-state index contributed by atoms with van der Waals surface area (Å²) in [5.41, 5.74) is 0. The van der Waals surface area contributed by atoms with Crippen molar-refractivity contribution in [3.8, 4) is 0 Å². The Labute approximate surface area is 128 Å². The van der Waals surface area contributed by atoms with Crippen molar-refractivity contribution in [2.24, 2.45) is 5.92 Å². The van der Waals surface area contributed by atoms with Crippen LogP contribution in [0.1, 0.15) is 23.8 Å². The second kappa shape index (κ2) is 7.42. The van der Waals surface area contributed by atoms with E-state index in [2.05, 4.69) is 22.6 Å². The summed E-state index contributed by atoms with van der Waals surface area (Å²) >= 11 is 1.32. The molecule has 0 aliphatic carbocycles. The minimum Gasteiger partial charge on any atom is -0.479 e. The Bertz CT molecular complexity index is 470. The van der Waals surface area contributed by atoms with E-state index < -0.39 is 18.0 Å². The van der Waals surface area contributed by atoms with Crippen LogP contribution in [0.4, 0.5) is 4.79 Å². The molecule has 6 nitrogen and oxygen atoms in total. The van der Waals surface area contributed by atoms with Crippen LogP contribution in [-0.2, 0) is 4.79 Å². The van der Waals surface area contributed by atoms with Crippen molar-refractivity contribution < 1.29 is 14.7 Å². The van der Waals surface area contributed by atoms with Crippen molar-refractivity contribution in [2.75, 3.05) is 26.7 Å². The van der Waals surface area contributed by atoms with Gasteiger partial charge in [-0.25, -0.2) is 9.59 Å². The molecule has 3 N–H and O–H groups in total. The van der Waals surface area contributed by atoms with Gasteiger partial charge in [0.25, 0.3) is 0 Å². The van der Waals surface area contributed by atoms with Gasteiger partial charge >= 0.3 is 12.0 Å². The maximum absolute atomic E-state index is 11.9. The van der Waals surface area contributed by atoms with Crippen LogP contribution in [0.25, 0.3) is 0 Å². The predicted molar refractivity (Wildman–Crippen MR) is 81.5 cm³/mol. The number of nitrogens with zero attached hydrogens (tertiary/aromatic N) is 1.